The van der Waals surface area contributed by atoms with E-state index in [0.29, 0.717) is 0 Å². The van der Waals surface area contributed by atoms with Gasteiger partial charge in [-0.1, -0.05) is 24.3 Å². The molecule has 0 N–H and O–H groups in total. The summed E-state index contributed by atoms with van der Waals surface area (Å²) in [4.78, 5) is 3.87. The Balaban J connectivity index is 2.21. The van der Waals surface area contributed by atoms with Crippen LogP contribution in [0, 0.1) is 6.92 Å². The summed E-state index contributed by atoms with van der Waals surface area (Å²) in [6.07, 6.45) is 3.53. The fourth-order valence-electron chi connectivity index (χ4n) is 1.51. The van der Waals surface area contributed by atoms with E-state index in [2.05, 4.69) is 46.5 Å². The van der Waals surface area contributed by atoms with Gasteiger partial charge in [-0.05, 0) is 30.3 Å². The molecule has 1 aromatic carbocycles. The number of rotatable bonds is 3. The number of benzene rings is 1. The number of hydrogen-bond donors (Lipinski definition) is 0. The zero-order valence-electron chi connectivity index (χ0n) is 8.92. The molecule has 0 aliphatic rings. The Morgan fingerprint density at radius 3 is 3.00 bits per heavy atom. The molecule has 0 spiro atoms. The van der Waals surface area contributed by atoms with Gasteiger partial charge in [0.2, 0.25) is 0 Å². The van der Waals surface area contributed by atoms with Crippen LogP contribution in [0.1, 0.15) is 11.1 Å². The smallest absolute Gasteiger partial charge is 0.112 e. The third-order valence-corrected chi connectivity index (χ3v) is 2.48. The summed E-state index contributed by atoms with van der Waals surface area (Å²) in [5.74, 6) is 0. The van der Waals surface area contributed by atoms with Crippen molar-refractivity contribution in [2.45, 2.75) is 13.5 Å². The van der Waals surface area contributed by atoms with E-state index in [0.717, 1.165) is 12.2 Å². The van der Waals surface area contributed by atoms with Crippen LogP contribution in [0.15, 0.2) is 41.7 Å². The largest absolute Gasteiger partial charge is 0.266 e. The number of aromatic nitrogens is 2. The molecule has 0 aliphatic carbocycles. The van der Waals surface area contributed by atoms with E-state index >= 15 is 0 Å². The molecule has 0 bridgehead atoms. The molecular formula is C12H11N3S. The molecule has 0 radical (unpaired) electrons. The predicted molar refractivity (Wildman–Crippen MR) is 67.2 cm³/mol. The maximum absolute atomic E-state index is 4.54. The first-order chi connectivity index (χ1) is 7.79. The first kappa shape index (κ1) is 10.7. The molecule has 0 amide bonds. The van der Waals surface area contributed by atoms with E-state index in [9.17, 15) is 0 Å². The van der Waals surface area contributed by atoms with Gasteiger partial charge in [-0.25, -0.2) is 0 Å². The van der Waals surface area contributed by atoms with Crippen LogP contribution in [0.4, 0.5) is 5.69 Å². The van der Waals surface area contributed by atoms with Crippen molar-refractivity contribution in [1.29, 1.82) is 0 Å². The molecule has 0 unspecified atom stereocenters. The number of aryl methyl sites for hydroxylation is 1. The topological polar surface area (TPSA) is 30.2 Å². The molecule has 0 fully saturated rings. The van der Waals surface area contributed by atoms with Crippen LogP contribution in [0.2, 0.25) is 0 Å². The van der Waals surface area contributed by atoms with Gasteiger partial charge < -0.3 is 0 Å². The summed E-state index contributed by atoms with van der Waals surface area (Å²) in [7, 11) is 0. The molecule has 1 heterocycles. The Bertz CT molecular complexity index is 539. The molecule has 1 aromatic heterocycles. The summed E-state index contributed by atoms with van der Waals surface area (Å²) in [6.45, 7) is 2.84. The number of nitrogens with zero attached hydrogens (tertiary/aromatic N) is 3. The Hall–Kier alpha value is -1.77. The highest BCUT2D eigenvalue weighted by molar-refractivity contribution is 7.78. The van der Waals surface area contributed by atoms with Crippen LogP contribution in [-0.4, -0.2) is 14.9 Å². The van der Waals surface area contributed by atoms with Gasteiger partial charge in [-0.3, -0.25) is 4.68 Å². The van der Waals surface area contributed by atoms with Gasteiger partial charge in [-0.15, -0.1) is 0 Å². The highest BCUT2D eigenvalue weighted by Crippen LogP contribution is 2.12. The van der Waals surface area contributed by atoms with Crippen molar-refractivity contribution in [3.05, 3.63) is 47.8 Å². The Morgan fingerprint density at radius 2 is 2.25 bits per heavy atom. The lowest BCUT2D eigenvalue weighted by Crippen LogP contribution is -2.01. The fourth-order valence-corrected chi connectivity index (χ4v) is 1.62. The van der Waals surface area contributed by atoms with Crippen molar-refractivity contribution in [2.24, 2.45) is 4.99 Å². The molecule has 16 heavy (non-hydrogen) atoms. The molecule has 4 heteroatoms. The summed E-state index contributed by atoms with van der Waals surface area (Å²) in [5, 5.41) is 6.54. The number of aliphatic imine (C=N–C) groups is 1. The third kappa shape index (κ3) is 2.42. The monoisotopic (exact) mass is 229 g/mol. The van der Waals surface area contributed by atoms with Crippen LogP contribution < -0.4 is 0 Å². The van der Waals surface area contributed by atoms with Crippen molar-refractivity contribution in [1.82, 2.24) is 9.78 Å². The van der Waals surface area contributed by atoms with E-state index in [4.69, 9.17) is 0 Å². The SMILES string of the molecule is Cc1ccccc1Cn1cc(N=C=S)cn1. The number of thiocarbonyl (C=S) groups is 1. The first-order valence-electron chi connectivity index (χ1n) is 4.94. The van der Waals surface area contributed by atoms with Crippen molar-refractivity contribution < 1.29 is 0 Å². The average molecular weight is 229 g/mol. The summed E-state index contributed by atoms with van der Waals surface area (Å²) in [5.41, 5.74) is 3.25. The molecule has 0 saturated carbocycles. The molecule has 2 rings (SSSR count). The number of hydrogen-bond acceptors (Lipinski definition) is 3. The normalized spacial score (nSPS) is 9.81. The fraction of sp³-hybridized carbons (Fsp3) is 0.167. The molecule has 0 aliphatic heterocycles. The Morgan fingerprint density at radius 1 is 1.44 bits per heavy atom. The highest BCUT2D eigenvalue weighted by atomic mass is 32.1. The minimum Gasteiger partial charge on any atom is -0.266 e. The van der Waals surface area contributed by atoms with Gasteiger partial charge in [0.1, 0.15) is 5.69 Å². The first-order valence-corrected chi connectivity index (χ1v) is 5.35. The van der Waals surface area contributed by atoms with Gasteiger partial charge in [0.05, 0.1) is 24.1 Å². The van der Waals surface area contributed by atoms with Gasteiger partial charge >= 0.3 is 0 Å². The van der Waals surface area contributed by atoms with Crippen molar-refractivity contribution in [3.8, 4) is 0 Å². The summed E-state index contributed by atoms with van der Waals surface area (Å²) >= 11 is 4.54. The molecule has 0 saturated heterocycles. The van der Waals surface area contributed by atoms with Crippen LogP contribution >= 0.6 is 12.2 Å². The second kappa shape index (κ2) is 4.84. The van der Waals surface area contributed by atoms with Gasteiger partial charge in [0, 0.05) is 0 Å². The van der Waals surface area contributed by atoms with Crippen molar-refractivity contribution in [2.75, 3.05) is 0 Å². The molecule has 0 atom stereocenters. The maximum Gasteiger partial charge on any atom is 0.112 e. The lowest BCUT2D eigenvalue weighted by molar-refractivity contribution is 0.684. The lowest BCUT2D eigenvalue weighted by atomic mass is 10.1. The average Bonchev–Trinajstić information content (AvgIpc) is 2.70. The highest BCUT2D eigenvalue weighted by Gasteiger charge is 2.00. The van der Waals surface area contributed by atoms with Crippen LogP contribution in [0.5, 0.6) is 0 Å². The van der Waals surface area contributed by atoms with Crippen LogP contribution in [-0.2, 0) is 6.54 Å². The quantitative estimate of drug-likeness (QED) is 0.598. The van der Waals surface area contributed by atoms with Crippen molar-refractivity contribution >= 4 is 23.1 Å². The molecular weight excluding hydrogens is 218 g/mol. The molecule has 80 valence electrons. The second-order valence-electron chi connectivity index (χ2n) is 3.53. The minimum absolute atomic E-state index is 0.739. The standard InChI is InChI=1S/C12H11N3S/c1-10-4-2-3-5-11(10)7-15-8-12(6-14-15)13-9-16/h2-6,8H,7H2,1H3. The molecule has 2 aromatic rings. The minimum atomic E-state index is 0.739. The lowest BCUT2D eigenvalue weighted by Gasteiger charge is -2.04. The second-order valence-corrected chi connectivity index (χ2v) is 3.71. The zero-order valence-corrected chi connectivity index (χ0v) is 9.74. The van der Waals surface area contributed by atoms with Crippen LogP contribution in [0.3, 0.4) is 0 Å². The van der Waals surface area contributed by atoms with E-state index in [-0.39, 0.29) is 0 Å². The molecule has 3 nitrogen and oxygen atoms in total. The van der Waals surface area contributed by atoms with E-state index in [1.165, 1.54) is 11.1 Å². The Labute approximate surface area is 99.4 Å². The van der Waals surface area contributed by atoms with Crippen molar-refractivity contribution in [3.63, 3.8) is 0 Å². The van der Waals surface area contributed by atoms with E-state index in [1.807, 2.05) is 23.0 Å². The van der Waals surface area contributed by atoms with E-state index in [1.54, 1.807) is 6.20 Å². The summed E-state index contributed by atoms with van der Waals surface area (Å²) < 4.78 is 1.84. The Kier molecular flexibility index (Phi) is 3.25. The third-order valence-electron chi connectivity index (χ3n) is 2.39. The maximum atomic E-state index is 4.54. The zero-order chi connectivity index (χ0) is 11.4. The number of isothiocyanates is 1. The predicted octanol–water partition coefficient (Wildman–Crippen LogP) is 2.97. The van der Waals surface area contributed by atoms with Crippen LogP contribution in [0.25, 0.3) is 0 Å². The van der Waals surface area contributed by atoms with E-state index < -0.39 is 0 Å². The van der Waals surface area contributed by atoms with Gasteiger partial charge in [0.25, 0.3) is 0 Å². The van der Waals surface area contributed by atoms with Gasteiger partial charge in [0.15, 0.2) is 0 Å². The summed E-state index contributed by atoms with van der Waals surface area (Å²) in [6, 6.07) is 8.25. The van der Waals surface area contributed by atoms with Gasteiger partial charge in [-0.2, -0.15) is 10.1 Å².